The summed E-state index contributed by atoms with van der Waals surface area (Å²) >= 11 is 0. The maximum absolute atomic E-state index is 5.95. The van der Waals surface area contributed by atoms with E-state index in [1.54, 1.807) is 0 Å². The lowest BCUT2D eigenvalue weighted by molar-refractivity contribution is -0.0107. The van der Waals surface area contributed by atoms with E-state index in [2.05, 4.69) is 11.8 Å². The maximum atomic E-state index is 5.95. The lowest BCUT2D eigenvalue weighted by Gasteiger charge is -2.53. The number of nitrogens with zero attached hydrogens (tertiary/aromatic N) is 1. The fourth-order valence-electron chi connectivity index (χ4n) is 5.41. The summed E-state index contributed by atoms with van der Waals surface area (Å²) in [6.45, 7) is 5.57. The topological polar surface area (TPSA) is 29.3 Å². The number of fused-ring (bicyclic) bond motifs is 3. The van der Waals surface area contributed by atoms with Crippen molar-refractivity contribution in [2.45, 2.75) is 122 Å². The Kier molecular flexibility index (Phi) is 10.5. The average Bonchev–Trinajstić information content (AvgIpc) is 2.66. The second kappa shape index (κ2) is 12.3. The monoisotopic (exact) mass is 350 g/mol. The van der Waals surface area contributed by atoms with E-state index in [1.807, 2.05) is 0 Å². The molecule has 3 aliphatic rings. The Hall–Kier alpha value is -0.0800. The Morgan fingerprint density at radius 3 is 1.68 bits per heavy atom. The van der Waals surface area contributed by atoms with Crippen molar-refractivity contribution in [2.75, 3.05) is 19.6 Å². The summed E-state index contributed by atoms with van der Waals surface area (Å²) in [4.78, 5) is 2.82. The van der Waals surface area contributed by atoms with Gasteiger partial charge in [-0.25, -0.2) is 0 Å². The summed E-state index contributed by atoms with van der Waals surface area (Å²) in [5.74, 6) is 1.06. The molecule has 3 fully saturated rings. The summed E-state index contributed by atoms with van der Waals surface area (Å²) in [6, 6.07) is 0. The van der Waals surface area contributed by atoms with Gasteiger partial charge in [0.25, 0.3) is 0 Å². The highest BCUT2D eigenvalue weighted by molar-refractivity contribution is 4.99. The van der Waals surface area contributed by atoms with Crippen molar-refractivity contribution in [3.63, 3.8) is 0 Å². The van der Waals surface area contributed by atoms with Crippen LogP contribution < -0.4 is 5.73 Å². The van der Waals surface area contributed by atoms with E-state index >= 15 is 0 Å². The van der Waals surface area contributed by atoms with Crippen LogP contribution in [0.4, 0.5) is 0 Å². The zero-order valence-corrected chi connectivity index (χ0v) is 17.2. The van der Waals surface area contributed by atoms with Crippen LogP contribution in [0, 0.1) is 5.92 Å². The molecule has 3 rings (SSSR count). The van der Waals surface area contributed by atoms with Gasteiger partial charge in [0.05, 0.1) is 0 Å². The van der Waals surface area contributed by atoms with E-state index in [-0.39, 0.29) is 0 Å². The van der Waals surface area contributed by atoms with Gasteiger partial charge in [0.2, 0.25) is 0 Å². The van der Waals surface area contributed by atoms with Crippen LogP contribution in [0.1, 0.15) is 116 Å². The third-order valence-corrected chi connectivity index (χ3v) is 7.16. The van der Waals surface area contributed by atoms with Crippen molar-refractivity contribution in [3.8, 4) is 0 Å². The molecule has 0 atom stereocenters. The Bertz CT molecular complexity index is 306. The molecule has 0 aliphatic heterocycles. The number of unbranched alkanes of at least 4 members (excludes halogenated alkanes) is 10. The first-order valence-corrected chi connectivity index (χ1v) is 11.8. The van der Waals surface area contributed by atoms with Crippen LogP contribution in [0.5, 0.6) is 0 Å². The highest BCUT2D eigenvalue weighted by Gasteiger charge is 2.43. The normalized spacial score (nSPS) is 25.8. The van der Waals surface area contributed by atoms with Crippen molar-refractivity contribution in [1.82, 2.24) is 4.90 Å². The zero-order valence-electron chi connectivity index (χ0n) is 17.2. The van der Waals surface area contributed by atoms with Gasteiger partial charge in [-0.2, -0.15) is 0 Å². The van der Waals surface area contributed by atoms with Gasteiger partial charge in [0.15, 0.2) is 0 Å². The Morgan fingerprint density at radius 1 is 0.720 bits per heavy atom. The molecule has 3 saturated carbocycles. The van der Waals surface area contributed by atoms with E-state index in [0.29, 0.717) is 5.54 Å². The molecule has 2 nitrogen and oxygen atoms in total. The van der Waals surface area contributed by atoms with Crippen LogP contribution in [-0.2, 0) is 0 Å². The predicted octanol–water partition coefficient (Wildman–Crippen LogP) is 6.28. The summed E-state index contributed by atoms with van der Waals surface area (Å²) in [5, 5.41) is 0. The second-order valence-electron chi connectivity index (χ2n) is 9.02. The van der Waals surface area contributed by atoms with Gasteiger partial charge in [-0.05, 0) is 57.4 Å². The van der Waals surface area contributed by atoms with Crippen molar-refractivity contribution in [1.29, 1.82) is 0 Å². The molecule has 0 aromatic heterocycles. The van der Waals surface area contributed by atoms with Crippen molar-refractivity contribution < 1.29 is 0 Å². The van der Waals surface area contributed by atoms with E-state index in [4.69, 9.17) is 5.73 Å². The van der Waals surface area contributed by atoms with Crippen LogP contribution in [0.2, 0.25) is 0 Å². The Morgan fingerprint density at radius 2 is 1.20 bits per heavy atom. The van der Waals surface area contributed by atoms with Crippen molar-refractivity contribution in [2.24, 2.45) is 11.7 Å². The summed E-state index contributed by atoms with van der Waals surface area (Å²) in [7, 11) is 0. The first-order valence-electron chi connectivity index (χ1n) is 11.8. The second-order valence-corrected chi connectivity index (χ2v) is 9.02. The van der Waals surface area contributed by atoms with Crippen LogP contribution in [-0.4, -0.2) is 30.1 Å². The van der Waals surface area contributed by atoms with E-state index in [0.717, 1.165) is 19.0 Å². The molecule has 0 aromatic carbocycles. The third kappa shape index (κ3) is 7.21. The molecular weight excluding hydrogens is 304 g/mol. The van der Waals surface area contributed by atoms with Gasteiger partial charge in [-0.1, -0.05) is 71.1 Å². The fraction of sp³-hybridized carbons (Fsp3) is 1.00. The molecule has 2 N–H and O–H groups in total. The number of hydrogen-bond acceptors (Lipinski definition) is 2. The maximum Gasteiger partial charge on any atom is 0.0210 e. The lowest BCUT2D eigenvalue weighted by atomic mass is 9.65. The average molecular weight is 351 g/mol. The zero-order chi connectivity index (χ0) is 17.8. The summed E-state index contributed by atoms with van der Waals surface area (Å²) in [5.41, 5.74) is 6.50. The first kappa shape index (κ1) is 21.2. The van der Waals surface area contributed by atoms with Crippen LogP contribution in [0.25, 0.3) is 0 Å². The van der Waals surface area contributed by atoms with Crippen molar-refractivity contribution in [3.05, 3.63) is 0 Å². The van der Waals surface area contributed by atoms with Crippen molar-refractivity contribution >= 4 is 0 Å². The minimum Gasteiger partial charge on any atom is -0.329 e. The van der Waals surface area contributed by atoms with Crippen LogP contribution in [0.15, 0.2) is 0 Å². The van der Waals surface area contributed by atoms with Gasteiger partial charge < -0.3 is 5.73 Å². The molecule has 0 radical (unpaired) electrons. The highest BCUT2D eigenvalue weighted by Crippen LogP contribution is 2.47. The largest absolute Gasteiger partial charge is 0.329 e. The quantitative estimate of drug-likeness (QED) is 0.352. The summed E-state index contributed by atoms with van der Waals surface area (Å²) in [6.07, 6.45) is 24.6. The smallest absolute Gasteiger partial charge is 0.0210 e. The van der Waals surface area contributed by atoms with E-state index in [9.17, 15) is 0 Å². The molecule has 0 aromatic rings. The standard InChI is InChI=1S/C23H46N2/c1-2-3-4-5-6-7-8-9-10-11-12-20-25(21-19-24)23-16-13-22(14-17-23)15-18-23/h22H,2-21,24H2,1H3. The van der Waals surface area contributed by atoms with Gasteiger partial charge in [0.1, 0.15) is 0 Å². The van der Waals surface area contributed by atoms with Gasteiger partial charge in [0, 0.05) is 18.6 Å². The molecule has 0 heterocycles. The van der Waals surface area contributed by atoms with Crippen LogP contribution in [0.3, 0.4) is 0 Å². The Labute approximate surface area is 158 Å². The molecule has 148 valence electrons. The number of rotatable bonds is 15. The number of nitrogens with two attached hydrogens (primary N) is 1. The molecule has 2 bridgehead atoms. The molecule has 25 heavy (non-hydrogen) atoms. The number of hydrogen-bond donors (Lipinski definition) is 1. The molecular formula is C23H46N2. The lowest BCUT2D eigenvalue weighted by Crippen LogP contribution is -2.55. The van der Waals surface area contributed by atoms with Gasteiger partial charge in [-0.15, -0.1) is 0 Å². The van der Waals surface area contributed by atoms with E-state index < -0.39 is 0 Å². The van der Waals surface area contributed by atoms with E-state index in [1.165, 1.54) is 116 Å². The molecule has 0 spiro atoms. The first-order chi connectivity index (χ1) is 12.3. The van der Waals surface area contributed by atoms with Gasteiger partial charge in [-0.3, -0.25) is 4.90 Å². The predicted molar refractivity (Wildman–Crippen MR) is 111 cm³/mol. The minimum absolute atomic E-state index is 0.548. The molecule has 3 aliphatic carbocycles. The SMILES string of the molecule is CCCCCCCCCCCCCN(CCN)C12CCC(CC1)CC2. The summed E-state index contributed by atoms with van der Waals surface area (Å²) < 4.78 is 0. The minimum atomic E-state index is 0.548. The van der Waals surface area contributed by atoms with Gasteiger partial charge >= 0.3 is 0 Å². The fourth-order valence-corrected chi connectivity index (χ4v) is 5.41. The Balaban J connectivity index is 1.52. The molecule has 0 saturated heterocycles. The molecule has 0 amide bonds. The van der Waals surface area contributed by atoms with Crippen LogP contribution >= 0.6 is 0 Å². The molecule has 2 heteroatoms. The third-order valence-electron chi connectivity index (χ3n) is 7.16. The highest BCUT2D eigenvalue weighted by atomic mass is 15.2. The molecule has 0 unspecified atom stereocenters.